The Bertz CT molecular complexity index is 750. The Morgan fingerprint density at radius 3 is 2.00 bits per heavy atom. The first-order valence-corrected chi connectivity index (χ1v) is 11.6. The van der Waals surface area contributed by atoms with Gasteiger partial charge in [0, 0.05) is 26.5 Å². The highest BCUT2D eigenvalue weighted by atomic mass is 28.4. The molecule has 1 aliphatic carbocycles. The smallest absolute Gasteiger partial charge is 0.418 e. The summed E-state index contributed by atoms with van der Waals surface area (Å²) in [5.74, 6) is 0. The Morgan fingerprint density at radius 1 is 0.967 bits per heavy atom. The molecular formula is C19H29BF4N2O3Si. The number of aromatic nitrogens is 2. The molecule has 1 heterocycles. The molecule has 1 fully saturated rings. The molecule has 11 heteroatoms. The van der Waals surface area contributed by atoms with E-state index in [2.05, 4.69) is 52.1 Å². The van der Waals surface area contributed by atoms with Gasteiger partial charge in [-0.05, 0) is 31.2 Å². The Kier molecular flexibility index (Phi) is 9.08. The highest BCUT2D eigenvalue weighted by Crippen LogP contribution is 2.23. The lowest BCUT2D eigenvalue weighted by atomic mass is 9.95. The van der Waals surface area contributed by atoms with Crippen molar-refractivity contribution in [1.82, 2.24) is 4.57 Å². The molecule has 2 aromatic rings. The van der Waals surface area contributed by atoms with Crippen molar-refractivity contribution in [2.45, 2.75) is 44.7 Å². The summed E-state index contributed by atoms with van der Waals surface area (Å²) in [5, 5.41) is 0.980. The van der Waals surface area contributed by atoms with Crippen molar-refractivity contribution in [3.8, 4) is 0 Å². The van der Waals surface area contributed by atoms with E-state index in [0.29, 0.717) is 6.04 Å². The van der Waals surface area contributed by atoms with Gasteiger partial charge in [0.1, 0.15) is 25.0 Å². The van der Waals surface area contributed by atoms with E-state index in [9.17, 15) is 17.3 Å². The first kappa shape index (κ1) is 24.6. The van der Waals surface area contributed by atoms with Crippen LogP contribution in [0.5, 0.6) is 0 Å². The van der Waals surface area contributed by atoms with Crippen LogP contribution in [0.4, 0.5) is 17.3 Å². The minimum absolute atomic E-state index is 0.675. The van der Waals surface area contributed by atoms with Crippen LogP contribution in [0.15, 0.2) is 43.0 Å². The summed E-state index contributed by atoms with van der Waals surface area (Å²) >= 11 is 0. The van der Waals surface area contributed by atoms with Crippen LogP contribution in [0.25, 0.3) is 0 Å². The predicted octanol–water partition coefficient (Wildman–Crippen LogP) is 3.71. The Hall–Kier alpha value is -1.69. The van der Waals surface area contributed by atoms with Gasteiger partial charge in [0.05, 0.1) is 0 Å². The van der Waals surface area contributed by atoms with Gasteiger partial charge in [-0.2, -0.15) is 0 Å². The van der Waals surface area contributed by atoms with E-state index in [1.165, 1.54) is 37.7 Å². The second kappa shape index (κ2) is 11.1. The number of hydrogen-bond donors (Lipinski definition) is 0. The van der Waals surface area contributed by atoms with E-state index in [-0.39, 0.29) is 0 Å². The van der Waals surface area contributed by atoms with E-state index < -0.39 is 16.1 Å². The zero-order chi connectivity index (χ0) is 22.2. The highest BCUT2D eigenvalue weighted by molar-refractivity contribution is 6.75. The molecule has 0 aliphatic heterocycles. The van der Waals surface area contributed by atoms with Crippen molar-refractivity contribution in [2.24, 2.45) is 0 Å². The van der Waals surface area contributed by atoms with Gasteiger partial charge >= 0.3 is 16.1 Å². The first-order valence-electron chi connectivity index (χ1n) is 9.89. The molecule has 0 bridgehead atoms. The maximum Gasteiger partial charge on any atom is 0.673 e. The third-order valence-electron chi connectivity index (χ3n) is 5.19. The van der Waals surface area contributed by atoms with Crippen LogP contribution in [-0.2, 0) is 19.8 Å². The number of imidazole rings is 1. The Balaban J connectivity index is 0.000000575. The molecular weight excluding hydrogens is 419 g/mol. The number of hydrogen-bond acceptors (Lipinski definition) is 3. The van der Waals surface area contributed by atoms with E-state index in [4.69, 9.17) is 13.3 Å². The van der Waals surface area contributed by atoms with Crippen LogP contribution in [0, 0.1) is 0 Å². The second-order valence-corrected chi connectivity index (χ2v) is 10.1. The summed E-state index contributed by atoms with van der Waals surface area (Å²) in [7, 11) is -3.83. The topological polar surface area (TPSA) is 36.5 Å². The summed E-state index contributed by atoms with van der Waals surface area (Å²) in [6, 6.07) is 9.03. The standard InChI is InChI=1S/C19H29N2O3Si.BF4/c1-22-25(23-2,24-3)19-11-9-17(10-12-19)15-20-13-14-21(16-20)18-7-5-4-6-8-18;2-1(3,4)5/h9-14,16,18H,4-8,15H2,1-3H3;/q+1;-1. The van der Waals surface area contributed by atoms with Crippen molar-refractivity contribution in [3.63, 3.8) is 0 Å². The Labute approximate surface area is 176 Å². The van der Waals surface area contributed by atoms with Crippen LogP contribution in [-0.4, -0.2) is 42.0 Å². The minimum atomic E-state index is -6.00. The lowest BCUT2D eigenvalue weighted by molar-refractivity contribution is -0.725. The van der Waals surface area contributed by atoms with E-state index in [1.54, 1.807) is 21.3 Å². The molecule has 0 N–H and O–H groups in total. The van der Waals surface area contributed by atoms with Crippen molar-refractivity contribution < 1.29 is 35.1 Å². The van der Waals surface area contributed by atoms with Crippen LogP contribution in [0.2, 0.25) is 0 Å². The molecule has 0 amide bonds. The molecule has 0 unspecified atom stereocenters. The van der Waals surface area contributed by atoms with Gasteiger partial charge in [0.25, 0.3) is 0 Å². The predicted molar refractivity (Wildman–Crippen MR) is 109 cm³/mol. The fourth-order valence-corrected chi connectivity index (χ4v) is 5.51. The van der Waals surface area contributed by atoms with Crippen molar-refractivity contribution in [1.29, 1.82) is 0 Å². The number of nitrogens with zero attached hydrogens (tertiary/aromatic N) is 2. The number of halogens is 4. The van der Waals surface area contributed by atoms with E-state index in [1.807, 2.05) is 0 Å². The molecule has 0 saturated heterocycles. The zero-order valence-corrected chi connectivity index (χ0v) is 18.6. The molecule has 1 aliphatic rings. The Morgan fingerprint density at radius 2 is 1.50 bits per heavy atom. The van der Waals surface area contributed by atoms with Crippen LogP contribution in [0.3, 0.4) is 0 Å². The molecule has 0 spiro atoms. The summed E-state index contributed by atoms with van der Waals surface area (Å²) in [5.41, 5.74) is 1.25. The fraction of sp³-hybridized carbons (Fsp3) is 0.526. The summed E-state index contributed by atoms with van der Waals surface area (Å²) in [6.07, 6.45) is 13.3. The quantitative estimate of drug-likeness (QED) is 0.368. The second-order valence-electron chi connectivity index (χ2n) is 7.19. The third-order valence-corrected chi connectivity index (χ3v) is 7.84. The summed E-state index contributed by atoms with van der Waals surface area (Å²) < 4.78 is 60.2. The van der Waals surface area contributed by atoms with Gasteiger partial charge in [-0.1, -0.05) is 30.7 Å². The largest absolute Gasteiger partial charge is 0.673 e. The van der Waals surface area contributed by atoms with Crippen molar-refractivity contribution in [3.05, 3.63) is 48.5 Å². The van der Waals surface area contributed by atoms with Gasteiger partial charge in [-0.25, -0.2) is 9.13 Å². The van der Waals surface area contributed by atoms with E-state index in [0.717, 1.165) is 11.7 Å². The third kappa shape index (κ3) is 7.22. The number of rotatable bonds is 7. The van der Waals surface area contributed by atoms with Crippen molar-refractivity contribution in [2.75, 3.05) is 21.3 Å². The van der Waals surface area contributed by atoms with E-state index >= 15 is 0 Å². The summed E-state index contributed by atoms with van der Waals surface area (Å²) in [4.78, 5) is 0. The molecule has 30 heavy (non-hydrogen) atoms. The minimum Gasteiger partial charge on any atom is -0.418 e. The summed E-state index contributed by atoms with van der Waals surface area (Å²) in [6.45, 7) is 0.863. The van der Waals surface area contributed by atoms with Crippen LogP contribution < -0.4 is 9.75 Å². The molecule has 1 saturated carbocycles. The van der Waals surface area contributed by atoms with Gasteiger partial charge in [0.2, 0.25) is 6.33 Å². The maximum absolute atomic E-state index is 9.75. The molecule has 5 nitrogen and oxygen atoms in total. The molecule has 1 aromatic heterocycles. The van der Waals surface area contributed by atoms with Gasteiger partial charge < -0.3 is 30.5 Å². The average Bonchev–Trinajstić information content (AvgIpc) is 3.19. The lowest BCUT2D eigenvalue weighted by Crippen LogP contribution is -2.54. The number of benzene rings is 1. The van der Waals surface area contributed by atoms with Crippen LogP contribution in [0.1, 0.15) is 43.7 Å². The molecule has 1 aromatic carbocycles. The highest BCUT2D eigenvalue weighted by Gasteiger charge is 2.40. The average molecular weight is 448 g/mol. The fourth-order valence-electron chi connectivity index (χ4n) is 3.73. The lowest BCUT2D eigenvalue weighted by Gasteiger charge is -2.24. The zero-order valence-electron chi connectivity index (χ0n) is 17.6. The van der Waals surface area contributed by atoms with Crippen LogP contribution >= 0.6 is 0 Å². The SMILES string of the molecule is CO[Si](OC)(OC)c1ccc(Cn2cc[n+](C3CCCCC3)c2)cc1.F[B-](F)(F)F. The molecule has 3 rings (SSSR count). The molecule has 0 radical (unpaired) electrons. The molecule has 168 valence electrons. The van der Waals surface area contributed by atoms with Gasteiger partial charge in [-0.15, -0.1) is 0 Å². The monoisotopic (exact) mass is 448 g/mol. The maximum atomic E-state index is 9.75. The van der Waals surface area contributed by atoms with Gasteiger partial charge in [0.15, 0.2) is 0 Å². The van der Waals surface area contributed by atoms with Gasteiger partial charge in [-0.3, -0.25) is 0 Å². The van der Waals surface area contributed by atoms with Crippen molar-refractivity contribution >= 4 is 21.2 Å². The molecule has 0 atom stereocenters. The first-order chi connectivity index (χ1) is 14.2. The normalized spacial score (nSPS) is 15.6.